The molecule has 2 aromatic rings. The van der Waals surface area contributed by atoms with Crippen molar-refractivity contribution in [2.45, 2.75) is 0 Å². The number of nitrogens with zero attached hydrogens (tertiary/aromatic N) is 2. The van der Waals surface area contributed by atoms with E-state index in [1.807, 2.05) is 11.6 Å². The largest absolute Gasteiger partial charge is 0.496 e. The molecule has 0 fully saturated rings. The van der Waals surface area contributed by atoms with Crippen LogP contribution < -0.4 is 4.74 Å². The third-order valence-electron chi connectivity index (χ3n) is 2.20. The molecule has 0 unspecified atom stereocenters. The number of carbonyl (C=O) groups is 1. The SMILES string of the molecule is COc1ccnc2c1c(C=O)cn2C. The van der Waals surface area contributed by atoms with E-state index < -0.39 is 0 Å². The molecule has 0 aliphatic heterocycles. The van der Waals surface area contributed by atoms with E-state index in [9.17, 15) is 4.79 Å². The Morgan fingerprint density at radius 3 is 3.00 bits per heavy atom. The van der Waals surface area contributed by atoms with E-state index >= 15 is 0 Å². The first-order chi connectivity index (χ1) is 6.77. The van der Waals surface area contributed by atoms with E-state index in [4.69, 9.17) is 4.74 Å². The van der Waals surface area contributed by atoms with Gasteiger partial charge in [-0.3, -0.25) is 4.79 Å². The van der Waals surface area contributed by atoms with Gasteiger partial charge >= 0.3 is 0 Å². The molecule has 0 radical (unpaired) electrons. The second-order valence-corrected chi connectivity index (χ2v) is 3.03. The standard InChI is InChI=1S/C10H10N2O2/c1-12-5-7(6-13)9-8(14-2)3-4-11-10(9)12/h3-6H,1-2H3. The summed E-state index contributed by atoms with van der Waals surface area (Å²) in [5, 5.41) is 0.771. The lowest BCUT2D eigenvalue weighted by atomic mass is 10.2. The van der Waals surface area contributed by atoms with Gasteiger partial charge in [-0.05, 0) is 6.07 Å². The zero-order valence-electron chi connectivity index (χ0n) is 8.02. The maximum atomic E-state index is 10.8. The number of fused-ring (bicyclic) bond motifs is 1. The molecule has 2 rings (SSSR count). The van der Waals surface area contributed by atoms with Crippen molar-refractivity contribution in [3.63, 3.8) is 0 Å². The highest BCUT2D eigenvalue weighted by molar-refractivity contribution is 5.99. The first kappa shape index (κ1) is 8.74. The summed E-state index contributed by atoms with van der Waals surface area (Å²) in [5.41, 5.74) is 1.36. The van der Waals surface area contributed by atoms with Crippen molar-refractivity contribution >= 4 is 17.3 Å². The smallest absolute Gasteiger partial charge is 0.152 e. The fraction of sp³-hybridized carbons (Fsp3) is 0.200. The summed E-state index contributed by atoms with van der Waals surface area (Å²) in [5.74, 6) is 0.678. The predicted molar refractivity (Wildman–Crippen MR) is 52.7 cm³/mol. The molecule has 4 heteroatoms. The van der Waals surface area contributed by atoms with Gasteiger partial charge < -0.3 is 9.30 Å². The minimum Gasteiger partial charge on any atom is -0.496 e. The van der Waals surface area contributed by atoms with Gasteiger partial charge in [0, 0.05) is 25.0 Å². The zero-order valence-corrected chi connectivity index (χ0v) is 8.02. The van der Waals surface area contributed by atoms with Crippen LogP contribution in [0.15, 0.2) is 18.5 Å². The summed E-state index contributed by atoms with van der Waals surface area (Å²) >= 11 is 0. The Balaban J connectivity index is 2.89. The molecule has 0 spiro atoms. The molecule has 0 aliphatic carbocycles. The molecular formula is C10H10N2O2. The number of methoxy groups -OCH3 is 1. The van der Waals surface area contributed by atoms with Crippen molar-refractivity contribution in [3.8, 4) is 5.75 Å². The number of hydrogen-bond acceptors (Lipinski definition) is 3. The first-order valence-electron chi connectivity index (χ1n) is 4.21. The minimum atomic E-state index is 0.604. The molecule has 2 aromatic heterocycles. The first-order valence-corrected chi connectivity index (χ1v) is 4.21. The van der Waals surface area contributed by atoms with Crippen molar-refractivity contribution < 1.29 is 9.53 Å². The number of hydrogen-bond donors (Lipinski definition) is 0. The number of aldehydes is 1. The van der Waals surface area contributed by atoms with Gasteiger partial charge in [-0.2, -0.15) is 0 Å². The lowest BCUT2D eigenvalue weighted by molar-refractivity contribution is 0.112. The molecule has 72 valence electrons. The quantitative estimate of drug-likeness (QED) is 0.672. The van der Waals surface area contributed by atoms with Crippen molar-refractivity contribution in [1.29, 1.82) is 0 Å². The number of aromatic nitrogens is 2. The number of ether oxygens (including phenoxy) is 1. The second kappa shape index (κ2) is 3.14. The molecule has 0 saturated heterocycles. The summed E-state index contributed by atoms with van der Waals surface area (Å²) < 4.78 is 6.98. The third-order valence-corrected chi connectivity index (χ3v) is 2.20. The molecule has 14 heavy (non-hydrogen) atoms. The molecule has 0 saturated carbocycles. The van der Waals surface area contributed by atoms with E-state index in [1.165, 1.54) is 0 Å². The van der Waals surface area contributed by atoms with Gasteiger partial charge in [0.05, 0.1) is 12.5 Å². The minimum absolute atomic E-state index is 0.604. The Morgan fingerprint density at radius 2 is 2.36 bits per heavy atom. The van der Waals surface area contributed by atoms with Crippen LogP contribution >= 0.6 is 0 Å². The van der Waals surface area contributed by atoms with Crippen LogP contribution in [0, 0.1) is 0 Å². The van der Waals surface area contributed by atoms with Crippen molar-refractivity contribution in [2.24, 2.45) is 7.05 Å². The summed E-state index contributed by atoms with van der Waals surface area (Å²) in [6, 6.07) is 1.75. The highest BCUT2D eigenvalue weighted by Crippen LogP contribution is 2.27. The van der Waals surface area contributed by atoms with Crippen LogP contribution in [0.4, 0.5) is 0 Å². The van der Waals surface area contributed by atoms with Gasteiger partial charge in [-0.1, -0.05) is 0 Å². The summed E-state index contributed by atoms with van der Waals surface area (Å²) in [7, 11) is 3.43. The van der Waals surface area contributed by atoms with Crippen LogP contribution in [-0.4, -0.2) is 22.9 Å². The van der Waals surface area contributed by atoms with Gasteiger partial charge in [0.1, 0.15) is 11.4 Å². The second-order valence-electron chi connectivity index (χ2n) is 3.03. The molecule has 0 aliphatic rings. The normalized spacial score (nSPS) is 10.4. The van der Waals surface area contributed by atoms with Crippen molar-refractivity contribution in [3.05, 3.63) is 24.0 Å². The van der Waals surface area contributed by atoms with Gasteiger partial charge in [0.25, 0.3) is 0 Å². The molecule has 0 bridgehead atoms. The molecule has 0 amide bonds. The number of pyridine rings is 1. The monoisotopic (exact) mass is 190 g/mol. The third kappa shape index (κ3) is 1.08. The Morgan fingerprint density at radius 1 is 1.57 bits per heavy atom. The summed E-state index contributed by atoms with van der Waals surface area (Å²) in [6.45, 7) is 0. The lowest BCUT2D eigenvalue weighted by Crippen LogP contribution is -1.89. The van der Waals surface area contributed by atoms with E-state index in [0.29, 0.717) is 11.3 Å². The average Bonchev–Trinajstić information content (AvgIpc) is 2.56. The van der Waals surface area contributed by atoms with Gasteiger partial charge in [0.2, 0.25) is 0 Å². The Labute approximate surface area is 81.1 Å². The van der Waals surface area contributed by atoms with Crippen molar-refractivity contribution in [2.75, 3.05) is 7.11 Å². The van der Waals surface area contributed by atoms with Gasteiger partial charge in [-0.15, -0.1) is 0 Å². The maximum absolute atomic E-state index is 10.8. The summed E-state index contributed by atoms with van der Waals surface area (Å²) in [6.07, 6.45) is 4.22. The van der Waals surface area contributed by atoms with E-state index in [0.717, 1.165) is 17.3 Å². The average molecular weight is 190 g/mol. The number of aryl methyl sites for hydroxylation is 1. The number of rotatable bonds is 2. The van der Waals surface area contributed by atoms with Crippen LogP contribution in [-0.2, 0) is 7.05 Å². The highest BCUT2D eigenvalue weighted by Gasteiger charge is 2.11. The lowest BCUT2D eigenvalue weighted by Gasteiger charge is -2.01. The van der Waals surface area contributed by atoms with E-state index in [1.54, 1.807) is 25.6 Å². The maximum Gasteiger partial charge on any atom is 0.152 e. The molecule has 4 nitrogen and oxygen atoms in total. The molecule has 0 atom stereocenters. The predicted octanol–water partition coefficient (Wildman–Crippen LogP) is 1.39. The fourth-order valence-corrected chi connectivity index (χ4v) is 1.57. The van der Waals surface area contributed by atoms with Crippen LogP contribution in [0.3, 0.4) is 0 Å². The summed E-state index contributed by atoms with van der Waals surface area (Å²) in [4.78, 5) is 15.0. The topological polar surface area (TPSA) is 44.1 Å². The molecular weight excluding hydrogens is 180 g/mol. The van der Waals surface area contributed by atoms with Crippen molar-refractivity contribution in [1.82, 2.24) is 9.55 Å². The number of carbonyl (C=O) groups excluding carboxylic acids is 1. The Kier molecular flexibility index (Phi) is 1.96. The Hall–Kier alpha value is -1.84. The van der Waals surface area contributed by atoms with Crippen LogP contribution in [0.5, 0.6) is 5.75 Å². The van der Waals surface area contributed by atoms with Gasteiger partial charge in [0.15, 0.2) is 6.29 Å². The van der Waals surface area contributed by atoms with E-state index in [2.05, 4.69) is 4.98 Å². The molecule has 2 heterocycles. The van der Waals surface area contributed by atoms with Crippen LogP contribution in [0.1, 0.15) is 10.4 Å². The molecule has 0 aromatic carbocycles. The zero-order chi connectivity index (χ0) is 10.1. The highest BCUT2D eigenvalue weighted by atomic mass is 16.5. The van der Waals surface area contributed by atoms with Gasteiger partial charge in [-0.25, -0.2) is 4.98 Å². The molecule has 0 N–H and O–H groups in total. The van der Waals surface area contributed by atoms with Crippen LogP contribution in [0.25, 0.3) is 11.0 Å². The van der Waals surface area contributed by atoms with E-state index in [-0.39, 0.29) is 0 Å². The fourth-order valence-electron chi connectivity index (χ4n) is 1.57. The Bertz CT molecular complexity index is 488. The van der Waals surface area contributed by atoms with Crippen LogP contribution in [0.2, 0.25) is 0 Å².